The summed E-state index contributed by atoms with van der Waals surface area (Å²) in [6.07, 6.45) is 4.13. The molecule has 6 heteroatoms. The van der Waals surface area contributed by atoms with E-state index in [2.05, 4.69) is 36.3 Å². The van der Waals surface area contributed by atoms with E-state index in [-0.39, 0.29) is 17.9 Å². The highest BCUT2D eigenvalue weighted by Gasteiger charge is 2.28. The normalized spacial score (nSPS) is 16.7. The van der Waals surface area contributed by atoms with Crippen molar-refractivity contribution >= 4 is 12.1 Å². The molecule has 2 aromatic rings. The van der Waals surface area contributed by atoms with Crippen LogP contribution in [0.4, 0.5) is 0 Å². The third-order valence-corrected chi connectivity index (χ3v) is 3.86. The lowest BCUT2D eigenvalue weighted by molar-refractivity contribution is -0.130. The Bertz CT molecular complexity index is 782. The molecule has 0 unspecified atom stereocenters. The van der Waals surface area contributed by atoms with E-state index in [9.17, 15) is 4.79 Å². The number of fused-ring (bicyclic) bond motifs is 1. The van der Waals surface area contributed by atoms with Crippen molar-refractivity contribution in [3.05, 3.63) is 53.9 Å². The fourth-order valence-corrected chi connectivity index (χ4v) is 2.36. The van der Waals surface area contributed by atoms with Crippen molar-refractivity contribution in [2.45, 2.75) is 32.3 Å². The van der Waals surface area contributed by atoms with Crippen LogP contribution in [0, 0.1) is 0 Å². The minimum absolute atomic E-state index is 0.0115. The lowest BCUT2D eigenvalue weighted by Crippen LogP contribution is -2.42. The highest BCUT2D eigenvalue weighted by atomic mass is 16.6. The Morgan fingerprint density at radius 3 is 2.72 bits per heavy atom. The van der Waals surface area contributed by atoms with E-state index >= 15 is 0 Å². The fourth-order valence-electron chi connectivity index (χ4n) is 2.36. The summed E-state index contributed by atoms with van der Waals surface area (Å²) in [5.74, 6) is 0.881. The van der Waals surface area contributed by atoms with Gasteiger partial charge in [-0.15, -0.1) is 0 Å². The molecule has 1 amide bonds. The number of hydrazone groups is 1. The molecule has 6 nitrogen and oxygen atoms in total. The standard InChI is InChI=1S/C19H21N3O3/c1-19(2,3)14-4-5-15-16(10-14)25-17(12-24-15)18(23)22-21-11-13-6-8-20-9-7-13/h4-11,17H,12H2,1-3H3,(H,22,23)/t17-/m0/s1. The Labute approximate surface area is 146 Å². The number of nitrogens with one attached hydrogen (secondary N) is 1. The lowest BCUT2D eigenvalue weighted by Gasteiger charge is -2.27. The van der Waals surface area contributed by atoms with Gasteiger partial charge in [0.05, 0.1) is 6.21 Å². The first-order valence-corrected chi connectivity index (χ1v) is 8.10. The zero-order valence-electron chi connectivity index (χ0n) is 14.5. The molecule has 1 aliphatic rings. The molecule has 0 fully saturated rings. The molecule has 0 radical (unpaired) electrons. The molecule has 1 aliphatic heterocycles. The van der Waals surface area contributed by atoms with Gasteiger partial charge in [0, 0.05) is 12.4 Å². The van der Waals surface area contributed by atoms with Crippen LogP contribution in [-0.4, -0.2) is 29.8 Å². The van der Waals surface area contributed by atoms with E-state index in [4.69, 9.17) is 9.47 Å². The van der Waals surface area contributed by atoms with Gasteiger partial charge in [-0.2, -0.15) is 5.10 Å². The van der Waals surface area contributed by atoms with Gasteiger partial charge in [-0.3, -0.25) is 9.78 Å². The van der Waals surface area contributed by atoms with Crippen LogP contribution >= 0.6 is 0 Å². The third kappa shape index (κ3) is 4.15. The highest BCUT2D eigenvalue weighted by molar-refractivity contribution is 5.84. The topological polar surface area (TPSA) is 72.8 Å². The number of hydrogen-bond acceptors (Lipinski definition) is 5. The van der Waals surface area contributed by atoms with E-state index < -0.39 is 6.10 Å². The Morgan fingerprint density at radius 1 is 1.24 bits per heavy atom. The molecule has 0 bridgehead atoms. The molecule has 1 atom stereocenters. The van der Waals surface area contributed by atoms with E-state index in [0.717, 1.165) is 11.1 Å². The summed E-state index contributed by atoms with van der Waals surface area (Å²) >= 11 is 0. The van der Waals surface area contributed by atoms with Crippen molar-refractivity contribution < 1.29 is 14.3 Å². The van der Waals surface area contributed by atoms with Crippen LogP contribution in [0.25, 0.3) is 0 Å². The summed E-state index contributed by atoms with van der Waals surface area (Å²) in [5.41, 5.74) is 4.43. The van der Waals surface area contributed by atoms with Crippen LogP contribution in [0.5, 0.6) is 11.5 Å². The fraction of sp³-hybridized carbons (Fsp3) is 0.316. The Hall–Kier alpha value is -2.89. The van der Waals surface area contributed by atoms with E-state index in [1.165, 1.54) is 0 Å². The summed E-state index contributed by atoms with van der Waals surface area (Å²) in [6, 6.07) is 9.41. The maximum atomic E-state index is 12.2. The number of benzene rings is 1. The number of aromatic nitrogens is 1. The number of hydrogen-bond donors (Lipinski definition) is 1. The minimum Gasteiger partial charge on any atom is -0.485 e. The van der Waals surface area contributed by atoms with Crippen LogP contribution in [0.3, 0.4) is 0 Å². The number of nitrogens with zero attached hydrogens (tertiary/aromatic N) is 2. The van der Waals surface area contributed by atoms with Gasteiger partial charge in [-0.1, -0.05) is 26.8 Å². The molecule has 0 saturated carbocycles. The number of carbonyl (C=O) groups excluding carboxylic acids is 1. The molecular formula is C19H21N3O3. The van der Waals surface area contributed by atoms with Gasteiger partial charge >= 0.3 is 0 Å². The number of amides is 1. The van der Waals surface area contributed by atoms with E-state index in [0.29, 0.717) is 11.5 Å². The predicted molar refractivity (Wildman–Crippen MR) is 95.0 cm³/mol. The lowest BCUT2D eigenvalue weighted by atomic mass is 9.87. The number of carbonyl (C=O) groups is 1. The average Bonchev–Trinajstić information content (AvgIpc) is 2.61. The smallest absolute Gasteiger partial charge is 0.284 e. The van der Waals surface area contributed by atoms with Gasteiger partial charge in [0.2, 0.25) is 6.10 Å². The molecule has 3 rings (SSSR count). The van der Waals surface area contributed by atoms with Gasteiger partial charge in [-0.05, 0) is 40.8 Å². The second-order valence-electron chi connectivity index (χ2n) is 6.84. The molecule has 0 aliphatic carbocycles. The molecule has 130 valence electrons. The third-order valence-electron chi connectivity index (χ3n) is 3.86. The van der Waals surface area contributed by atoms with Crippen LogP contribution in [0.15, 0.2) is 47.8 Å². The van der Waals surface area contributed by atoms with Crippen molar-refractivity contribution in [2.24, 2.45) is 5.10 Å². The highest BCUT2D eigenvalue weighted by Crippen LogP contribution is 2.36. The Balaban J connectivity index is 1.65. The summed E-state index contributed by atoms with van der Waals surface area (Å²) in [7, 11) is 0. The summed E-state index contributed by atoms with van der Waals surface area (Å²) < 4.78 is 11.5. The molecule has 2 heterocycles. The monoisotopic (exact) mass is 339 g/mol. The zero-order chi connectivity index (χ0) is 17.9. The maximum absolute atomic E-state index is 12.2. The number of rotatable bonds is 3. The van der Waals surface area contributed by atoms with Crippen LogP contribution in [-0.2, 0) is 10.2 Å². The molecule has 1 aromatic heterocycles. The molecule has 0 spiro atoms. The van der Waals surface area contributed by atoms with Crippen molar-refractivity contribution in [2.75, 3.05) is 6.61 Å². The Kier molecular flexibility index (Phi) is 4.70. The quantitative estimate of drug-likeness (QED) is 0.689. The van der Waals surface area contributed by atoms with Gasteiger partial charge in [-0.25, -0.2) is 5.43 Å². The zero-order valence-corrected chi connectivity index (χ0v) is 14.5. The number of pyridine rings is 1. The minimum atomic E-state index is -0.739. The second kappa shape index (κ2) is 6.93. The van der Waals surface area contributed by atoms with Crippen molar-refractivity contribution in [3.63, 3.8) is 0 Å². The first-order valence-electron chi connectivity index (χ1n) is 8.10. The van der Waals surface area contributed by atoms with Gasteiger partial charge < -0.3 is 9.47 Å². The van der Waals surface area contributed by atoms with Gasteiger partial charge in [0.25, 0.3) is 5.91 Å². The first kappa shape index (κ1) is 17.0. The first-order chi connectivity index (χ1) is 11.9. The molecule has 1 aromatic carbocycles. The van der Waals surface area contributed by atoms with Gasteiger partial charge in [0.15, 0.2) is 11.5 Å². The maximum Gasteiger partial charge on any atom is 0.284 e. The number of ether oxygens (including phenoxy) is 2. The van der Waals surface area contributed by atoms with Crippen molar-refractivity contribution in [1.82, 2.24) is 10.4 Å². The summed E-state index contributed by atoms with van der Waals surface area (Å²) in [4.78, 5) is 16.2. The largest absolute Gasteiger partial charge is 0.485 e. The molecule has 1 N–H and O–H groups in total. The summed E-state index contributed by atoms with van der Waals surface area (Å²) in [5, 5.41) is 3.94. The van der Waals surface area contributed by atoms with Crippen molar-refractivity contribution in [1.29, 1.82) is 0 Å². The molecule has 25 heavy (non-hydrogen) atoms. The van der Waals surface area contributed by atoms with Crippen LogP contribution in [0.1, 0.15) is 31.9 Å². The SMILES string of the molecule is CC(C)(C)c1ccc2c(c1)O[C@H](C(=O)NN=Cc1ccncc1)CO2. The Morgan fingerprint density at radius 2 is 2.00 bits per heavy atom. The van der Waals surface area contributed by atoms with Crippen LogP contribution in [0.2, 0.25) is 0 Å². The predicted octanol–water partition coefficient (Wildman–Crippen LogP) is 2.67. The second-order valence-corrected chi connectivity index (χ2v) is 6.84. The van der Waals surface area contributed by atoms with Gasteiger partial charge in [0.1, 0.15) is 6.61 Å². The summed E-state index contributed by atoms with van der Waals surface area (Å²) in [6.45, 7) is 6.52. The molecular weight excluding hydrogens is 318 g/mol. The van der Waals surface area contributed by atoms with Crippen LogP contribution < -0.4 is 14.9 Å². The van der Waals surface area contributed by atoms with E-state index in [1.807, 2.05) is 18.2 Å². The average molecular weight is 339 g/mol. The van der Waals surface area contributed by atoms with Crippen molar-refractivity contribution in [3.8, 4) is 11.5 Å². The van der Waals surface area contributed by atoms with E-state index in [1.54, 1.807) is 30.7 Å². The molecule has 0 saturated heterocycles.